The Balaban J connectivity index is 2.31. The highest BCUT2D eigenvalue weighted by Crippen LogP contribution is 2.10. The van der Waals surface area contributed by atoms with Crippen LogP contribution in [0.2, 0.25) is 5.02 Å². The SMILES string of the molecule is [N-]=[N+]=NCCCNC(=O)C=Cc1ccc(Cl)cc1. The lowest BCUT2D eigenvalue weighted by atomic mass is 10.2. The maximum absolute atomic E-state index is 11.4. The summed E-state index contributed by atoms with van der Waals surface area (Å²) in [6.45, 7) is 0.875. The predicted octanol–water partition coefficient (Wildman–Crippen LogP) is 3.17. The van der Waals surface area contributed by atoms with Gasteiger partial charge in [0.05, 0.1) is 0 Å². The van der Waals surface area contributed by atoms with Gasteiger partial charge in [-0.05, 0) is 35.7 Å². The lowest BCUT2D eigenvalue weighted by Gasteiger charge is -1.99. The minimum atomic E-state index is -0.175. The number of hydrogen-bond acceptors (Lipinski definition) is 2. The normalized spacial score (nSPS) is 10.1. The third-order valence-electron chi connectivity index (χ3n) is 2.09. The zero-order valence-corrected chi connectivity index (χ0v) is 10.5. The fourth-order valence-corrected chi connectivity index (χ4v) is 1.34. The predicted molar refractivity (Wildman–Crippen MR) is 72.1 cm³/mol. The van der Waals surface area contributed by atoms with Gasteiger partial charge in [0, 0.05) is 29.1 Å². The number of carbonyl (C=O) groups excluding carboxylic acids is 1. The number of halogens is 1. The summed E-state index contributed by atoms with van der Waals surface area (Å²) in [5, 5.41) is 6.72. The van der Waals surface area contributed by atoms with E-state index in [1.807, 2.05) is 12.1 Å². The van der Waals surface area contributed by atoms with Crippen LogP contribution in [0.5, 0.6) is 0 Å². The van der Waals surface area contributed by atoms with Gasteiger partial charge in [-0.25, -0.2) is 0 Å². The molecule has 1 rings (SSSR count). The Bertz CT molecular complexity index is 463. The van der Waals surface area contributed by atoms with Crippen LogP contribution in [-0.2, 0) is 4.79 Å². The number of nitrogens with one attached hydrogen (secondary N) is 1. The summed E-state index contributed by atoms with van der Waals surface area (Å²) in [4.78, 5) is 14.0. The van der Waals surface area contributed by atoms with Crippen molar-refractivity contribution in [1.29, 1.82) is 0 Å². The lowest BCUT2D eigenvalue weighted by molar-refractivity contribution is -0.116. The first kappa shape index (κ1) is 14.1. The number of rotatable bonds is 6. The van der Waals surface area contributed by atoms with Crippen LogP contribution in [-0.4, -0.2) is 19.0 Å². The van der Waals surface area contributed by atoms with Crippen LogP contribution in [0.3, 0.4) is 0 Å². The molecular weight excluding hydrogens is 252 g/mol. The second kappa shape index (κ2) is 8.17. The largest absolute Gasteiger partial charge is 0.353 e. The Morgan fingerprint density at radius 1 is 1.44 bits per heavy atom. The average Bonchev–Trinajstić information content (AvgIpc) is 2.38. The van der Waals surface area contributed by atoms with Crippen molar-refractivity contribution < 1.29 is 4.79 Å². The van der Waals surface area contributed by atoms with Gasteiger partial charge < -0.3 is 5.32 Å². The topological polar surface area (TPSA) is 77.9 Å². The fraction of sp³-hybridized carbons (Fsp3) is 0.250. The molecule has 0 aromatic heterocycles. The summed E-state index contributed by atoms with van der Waals surface area (Å²) in [6, 6.07) is 7.18. The van der Waals surface area contributed by atoms with Gasteiger partial charge in [-0.15, -0.1) is 0 Å². The first-order valence-corrected chi connectivity index (χ1v) is 5.82. The molecule has 6 heteroatoms. The Hall–Kier alpha value is -1.97. The van der Waals surface area contributed by atoms with Crippen LogP contribution in [0.15, 0.2) is 35.5 Å². The van der Waals surface area contributed by atoms with Crippen LogP contribution in [0.4, 0.5) is 0 Å². The van der Waals surface area contributed by atoms with Crippen LogP contribution >= 0.6 is 11.6 Å². The number of nitrogens with zero attached hydrogens (tertiary/aromatic N) is 3. The van der Waals surface area contributed by atoms with Crippen LogP contribution in [0, 0.1) is 0 Å². The van der Waals surface area contributed by atoms with Crippen molar-refractivity contribution in [3.05, 3.63) is 51.4 Å². The first-order chi connectivity index (χ1) is 8.72. The molecule has 0 radical (unpaired) electrons. The van der Waals surface area contributed by atoms with Gasteiger partial charge >= 0.3 is 0 Å². The highest BCUT2D eigenvalue weighted by molar-refractivity contribution is 6.30. The molecule has 0 heterocycles. The summed E-state index contributed by atoms with van der Waals surface area (Å²) in [6.07, 6.45) is 3.79. The van der Waals surface area contributed by atoms with E-state index in [9.17, 15) is 4.79 Å². The van der Waals surface area contributed by atoms with Crippen LogP contribution in [0.1, 0.15) is 12.0 Å². The summed E-state index contributed by atoms with van der Waals surface area (Å²) in [5.41, 5.74) is 8.96. The number of benzene rings is 1. The highest BCUT2D eigenvalue weighted by Gasteiger charge is 1.94. The van der Waals surface area contributed by atoms with E-state index < -0.39 is 0 Å². The van der Waals surface area contributed by atoms with Gasteiger partial charge in [0.15, 0.2) is 0 Å². The van der Waals surface area contributed by atoms with Gasteiger partial charge in [-0.3, -0.25) is 4.79 Å². The molecule has 0 atom stereocenters. The summed E-state index contributed by atoms with van der Waals surface area (Å²) in [5.74, 6) is -0.175. The van der Waals surface area contributed by atoms with Crippen molar-refractivity contribution in [3.8, 4) is 0 Å². The number of amides is 1. The molecular formula is C12H13ClN4O. The fourth-order valence-electron chi connectivity index (χ4n) is 1.21. The zero-order chi connectivity index (χ0) is 13.2. The number of carbonyl (C=O) groups is 1. The van der Waals surface area contributed by atoms with Crippen molar-refractivity contribution in [2.24, 2.45) is 5.11 Å². The van der Waals surface area contributed by atoms with Gasteiger partial charge in [-0.2, -0.15) is 0 Å². The van der Waals surface area contributed by atoms with Crippen molar-refractivity contribution in [2.75, 3.05) is 13.1 Å². The van der Waals surface area contributed by atoms with E-state index in [-0.39, 0.29) is 5.91 Å². The highest BCUT2D eigenvalue weighted by atomic mass is 35.5. The minimum absolute atomic E-state index is 0.175. The Kier molecular flexibility index (Phi) is 6.40. The second-order valence-electron chi connectivity index (χ2n) is 3.48. The Morgan fingerprint density at radius 3 is 2.83 bits per heavy atom. The molecule has 1 aromatic rings. The number of azide groups is 1. The minimum Gasteiger partial charge on any atom is -0.353 e. The van der Waals surface area contributed by atoms with Crippen molar-refractivity contribution >= 4 is 23.6 Å². The molecule has 18 heavy (non-hydrogen) atoms. The van der Waals surface area contributed by atoms with Crippen molar-refractivity contribution in [3.63, 3.8) is 0 Å². The molecule has 0 saturated carbocycles. The molecule has 5 nitrogen and oxygen atoms in total. The molecule has 0 saturated heterocycles. The maximum Gasteiger partial charge on any atom is 0.243 e. The smallest absolute Gasteiger partial charge is 0.243 e. The van der Waals surface area contributed by atoms with Crippen molar-refractivity contribution in [1.82, 2.24) is 5.32 Å². The van der Waals surface area contributed by atoms with Crippen LogP contribution < -0.4 is 5.32 Å². The molecule has 94 valence electrons. The Labute approximate surface area is 110 Å². The summed E-state index contributed by atoms with van der Waals surface area (Å²) >= 11 is 5.75. The molecule has 0 unspecified atom stereocenters. The van der Waals surface area contributed by atoms with E-state index in [1.54, 1.807) is 18.2 Å². The standard InChI is InChI=1S/C12H13ClN4O/c13-11-5-2-10(3-6-11)4-7-12(18)15-8-1-9-16-17-14/h2-7H,1,8-9H2,(H,15,18). The van der Waals surface area contributed by atoms with Crippen LogP contribution in [0.25, 0.3) is 16.5 Å². The molecule has 1 N–H and O–H groups in total. The lowest BCUT2D eigenvalue weighted by Crippen LogP contribution is -2.22. The molecule has 0 aliphatic carbocycles. The molecule has 0 bridgehead atoms. The van der Waals surface area contributed by atoms with E-state index in [2.05, 4.69) is 15.3 Å². The van der Waals surface area contributed by atoms with Gasteiger partial charge in [0.2, 0.25) is 5.91 Å². The third-order valence-corrected chi connectivity index (χ3v) is 2.35. The third kappa shape index (κ3) is 5.94. The van der Waals surface area contributed by atoms with E-state index in [0.29, 0.717) is 24.5 Å². The molecule has 1 amide bonds. The monoisotopic (exact) mass is 264 g/mol. The maximum atomic E-state index is 11.4. The molecule has 0 spiro atoms. The molecule has 1 aromatic carbocycles. The van der Waals surface area contributed by atoms with E-state index >= 15 is 0 Å². The molecule has 0 aliphatic heterocycles. The second-order valence-corrected chi connectivity index (χ2v) is 3.92. The summed E-state index contributed by atoms with van der Waals surface area (Å²) in [7, 11) is 0. The van der Waals surface area contributed by atoms with Gasteiger partial charge in [0.25, 0.3) is 0 Å². The van der Waals surface area contributed by atoms with E-state index in [1.165, 1.54) is 6.08 Å². The number of hydrogen-bond donors (Lipinski definition) is 1. The van der Waals surface area contributed by atoms with Crippen molar-refractivity contribution in [2.45, 2.75) is 6.42 Å². The van der Waals surface area contributed by atoms with E-state index in [4.69, 9.17) is 17.1 Å². The molecule has 0 aliphatic rings. The van der Waals surface area contributed by atoms with E-state index in [0.717, 1.165) is 5.56 Å². The van der Waals surface area contributed by atoms with Gasteiger partial charge in [0.1, 0.15) is 0 Å². The molecule has 0 fully saturated rings. The van der Waals surface area contributed by atoms with Gasteiger partial charge in [-0.1, -0.05) is 28.8 Å². The quantitative estimate of drug-likeness (QED) is 0.277. The summed E-state index contributed by atoms with van der Waals surface area (Å²) < 4.78 is 0. The Morgan fingerprint density at radius 2 is 2.17 bits per heavy atom. The zero-order valence-electron chi connectivity index (χ0n) is 9.71. The average molecular weight is 265 g/mol. The first-order valence-electron chi connectivity index (χ1n) is 5.44.